The topological polar surface area (TPSA) is 29.1 Å². The van der Waals surface area contributed by atoms with Crippen LogP contribution in [0.15, 0.2) is 34.1 Å². The van der Waals surface area contributed by atoms with Crippen LogP contribution in [0.1, 0.15) is 20.8 Å². The summed E-state index contributed by atoms with van der Waals surface area (Å²) < 4.78 is 3.37. The Morgan fingerprint density at radius 1 is 1.15 bits per heavy atom. The molecule has 0 bridgehead atoms. The number of nitrogens with one attached hydrogen (secondary N) is 1. The number of halogens is 1. The maximum absolute atomic E-state index is 12.4. The van der Waals surface area contributed by atoms with E-state index < -0.39 is 0 Å². The van der Waals surface area contributed by atoms with Gasteiger partial charge in [0.1, 0.15) is 0 Å². The highest BCUT2D eigenvalue weighted by Gasteiger charge is 2.13. The maximum Gasteiger partial charge on any atom is 0.265 e. The molecule has 3 rings (SSSR count). The molecule has 0 aliphatic carbocycles. The second kappa shape index (κ2) is 5.31. The summed E-state index contributed by atoms with van der Waals surface area (Å²) in [6.07, 6.45) is 0. The summed E-state index contributed by atoms with van der Waals surface area (Å²) in [7, 11) is 0. The first-order chi connectivity index (χ1) is 9.54. The Morgan fingerprint density at radius 3 is 2.50 bits per heavy atom. The van der Waals surface area contributed by atoms with Crippen LogP contribution in [0.3, 0.4) is 0 Å². The van der Waals surface area contributed by atoms with Gasteiger partial charge in [-0.15, -0.1) is 22.7 Å². The molecular formula is C15H12BrNOS2. The number of amides is 1. The quantitative estimate of drug-likeness (QED) is 0.629. The predicted molar refractivity (Wildman–Crippen MR) is 91.3 cm³/mol. The van der Waals surface area contributed by atoms with Gasteiger partial charge < -0.3 is 5.32 Å². The zero-order valence-electron chi connectivity index (χ0n) is 11.0. The highest BCUT2D eigenvalue weighted by atomic mass is 79.9. The van der Waals surface area contributed by atoms with Gasteiger partial charge in [-0.05, 0) is 54.6 Å². The van der Waals surface area contributed by atoms with E-state index in [4.69, 9.17) is 0 Å². The fourth-order valence-electron chi connectivity index (χ4n) is 2.16. The predicted octanol–water partition coefficient (Wildman–Crippen LogP) is 5.59. The molecule has 102 valence electrons. The molecule has 2 nitrogen and oxygen atoms in total. The smallest absolute Gasteiger partial charge is 0.265 e. The van der Waals surface area contributed by atoms with Gasteiger partial charge in [-0.2, -0.15) is 0 Å². The Morgan fingerprint density at radius 2 is 1.85 bits per heavy atom. The summed E-state index contributed by atoms with van der Waals surface area (Å²) in [6, 6.07) is 8.03. The van der Waals surface area contributed by atoms with E-state index in [0.717, 1.165) is 26.2 Å². The largest absolute Gasteiger partial charge is 0.321 e. The standard InChI is InChI=1S/C15H12BrNOS2/c1-8-5-10(16)6-9(2)14(8)17-15(18)13-7-12-11(20-13)3-4-19-12/h3-7H,1-2H3,(H,17,18). The second-order valence-electron chi connectivity index (χ2n) is 4.63. The lowest BCUT2D eigenvalue weighted by Crippen LogP contribution is -2.12. The number of carbonyl (C=O) groups is 1. The molecule has 0 spiro atoms. The van der Waals surface area contributed by atoms with Crippen LogP contribution >= 0.6 is 38.6 Å². The van der Waals surface area contributed by atoms with Crippen molar-refractivity contribution in [3.8, 4) is 0 Å². The summed E-state index contributed by atoms with van der Waals surface area (Å²) >= 11 is 6.67. The van der Waals surface area contributed by atoms with E-state index >= 15 is 0 Å². The monoisotopic (exact) mass is 365 g/mol. The Balaban J connectivity index is 1.91. The van der Waals surface area contributed by atoms with Gasteiger partial charge in [0, 0.05) is 19.6 Å². The molecule has 3 aromatic rings. The fraction of sp³-hybridized carbons (Fsp3) is 0.133. The number of hydrogen-bond donors (Lipinski definition) is 1. The first-order valence-electron chi connectivity index (χ1n) is 6.10. The van der Waals surface area contributed by atoms with Crippen molar-refractivity contribution in [3.05, 3.63) is 50.1 Å². The Bertz CT molecular complexity index is 752. The van der Waals surface area contributed by atoms with E-state index in [9.17, 15) is 4.79 Å². The molecular weight excluding hydrogens is 354 g/mol. The number of aryl methyl sites for hydroxylation is 2. The highest BCUT2D eigenvalue weighted by Crippen LogP contribution is 2.31. The number of anilines is 1. The fourth-order valence-corrected chi connectivity index (χ4v) is 4.85. The molecule has 1 amide bonds. The van der Waals surface area contributed by atoms with E-state index in [0.29, 0.717) is 0 Å². The normalized spacial score (nSPS) is 10.9. The lowest BCUT2D eigenvalue weighted by atomic mass is 10.1. The number of hydrogen-bond acceptors (Lipinski definition) is 3. The molecule has 0 saturated heterocycles. The number of fused-ring (bicyclic) bond motifs is 1. The van der Waals surface area contributed by atoms with Crippen molar-refractivity contribution >= 4 is 59.6 Å². The van der Waals surface area contributed by atoms with Crippen molar-refractivity contribution in [1.29, 1.82) is 0 Å². The minimum atomic E-state index is -0.0353. The number of rotatable bonds is 2. The van der Waals surface area contributed by atoms with Gasteiger partial charge in [0.15, 0.2) is 0 Å². The number of thiophene rings is 2. The zero-order chi connectivity index (χ0) is 14.3. The molecule has 0 aliphatic heterocycles. The Labute approximate surface area is 133 Å². The van der Waals surface area contributed by atoms with Crippen LogP contribution in [0.2, 0.25) is 0 Å². The summed E-state index contributed by atoms with van der Waals surface area (Å²) in [5, 5.41) is 5.08. The van der Waals surface area contributed by atoms with Gasteiger partial charge in [-0.25, -0.2) is 0 Å². The summed E-state index contributed by atoms with van der Waals surface area (Å²) in [6.45, 7) is 4.00. The lowest BCUT2D eigenvalue weighted by molar-refractivity contribution is 0.103. The highest BCUT2D eigenvalue weighted by molar-refractivity contribution is 9.10. The third-order valence-electron chi connectivity index (χ3n) is 3.10. The van der Waals surface area contributed by atoms with E-state index in [2.05, 4.69) is 27.3 Å². The molecule has 0 fully saturated rings. The van der Waals surface area contributed by atoms with Crippen LogP contribution in [-0.4, -0.2) is 5.91 Å². The third-order valence-corrected chi connectivity index (χ3v) is 5.65. The van der Waals surface area contributed by atoms with Gasteiger partial charge in [-0.3, -0.25) is 4.79 Å². The minimum absolute atomic E-state index is 0.0353. The number of benzene rings is 1. The molecule has 0 aliphatic rings. The maximum atomic E-state index is 12.4. The molecule has 1 N–H and O–H groups in total. The first kappa shape index (κ1) is 13.8. The van der Waals surface area contributed by atoms with Gasteiger partial charge in [0.25, 0.3) is 5.91 Å². The molecule has 0 atom stereocenters. The van der Waals surface area contributed by atoms with Gasteiger partial charge >= 0.3 is 0 Å². The number of carbonyl (C=O) groups excluding carboxylic acids is 1. The van der Waals surface area contributed by atoms with Gasteiger partial charge in [-0.1, -0.05) is 15.9 Å². The van der Waals surface area contributed by atoms with E-state index in [-0.39, 0.29) is 5.91 Å². The van der Waals surface area contributed by atoms with Crippen LogP contribution in [0, 0.1) is 13.8 Å². The van der Waals surface area contributed by atoms with Crippen LogP contribution in [0.4, 0.5) is 5.69 Å². The molecule has 1 aromatic carbocycles. The lowest BCUT2D eigenvalue weighted by Gasteiger charge is -2.11. The summed E-state index contributed by atoms with van der Waals surface area (Å²) in [5.74, 6) is -0.0353. The average molecular weight is 366 g/mol. The molecule has 0 unspecified atom stereocenters. The van der Waals surface area contributed by atoms with Gasteiger partial charge in [0.05, 0.1) is 4.88 Å². The average Bonchev–Trinajstić information content (AvgIpc) is 2.93. The molecule has 2 aromatic heterocycles. The Hall–Kier alpha value is -1.17. The SMILES string of the molecule is Cc1cc(Br)cc(C)c1NC(=O)c1cc2sccc2s1. The first-order valence-corrected chi connectivity index (χ1v) is 8.58. The molecule has 20 heavy (non-hydrogen) atoms. The molecule has 0 radical (unpaired) electrons. The van der Waals surface area contributed by atoms with E-state index in [1.807, 2.05) is 37.4 Å². The summed E-state index contributed by atoms with van der Waals surface area (Å²) in [4.78, 5) is 13.1. The van der Waals surface area contributed by atoms with Crippen LogP contribution in [0.5, 0.6) is 0 Å². The van der Waals surface area contributed by atoms with E-state index in [1.54, 1.807) is 11.3 Å². The molecule has 0 saturated carbocycles. The third kappa shape index (κ3) is 2.53. The second-order valence-corrected chi connectivity index (χ2v) is 7.58. The Kier molecular flexibility index (Phi) is 3.67. The van der Waals surface area contributed by atoms with Crippen molar-refractivity contribution in [2.24, 2.45) is 0 Å². The van der Waals surface area contributed by atoms with Crippen molar-refractivity contribution in [2.75, 3.05) is 5.32 Å². The van der Waals surface area contributed by atoms with Gasteiger partial charge in [0.2, 0.25) is 0 Å². The van der Waals surface area contributed by atoms with E-state index in [1.165, 1.54) is 20.7 Å². The van der Waals surface area contributed by atoms with Crippen molar-refractivity contribution < 1.29 is 4.79 Å². The van der Waals surface area contributed by atoms with Crippen molar-refractivity contribution in [2.45, 2.75) is 13.8 Å². The zero-order valence-corrected chi connectivity index (χ0v) is 14.2. The summed E-state index contributed by atoms with van der Waals surface area (Å²) in [5.41, 5.74) is 3.02. The van der Waals surface area contributed by atoms with Crippen molar-refractivity contribution in [1.82, 2.24) is 0 Å². The molecule has 5 heteroatoms. The molecule has 2 heterocycles. The van der Waals surface area contributed by atoms with Crippen molar-refractivity contribution in [3.63, 3.8) is 0 Å². The van der Waals surface area contributed by atoms with Crippen LogP contribution < -0.4 is 5.32 Å². The minimum Gasteiger partial charge on any atom is -0.321 e. The van der Waals surface area contributed by atoms with Crippen LogP contribution in [0.25, 0.3) is 9.40 Å². The van der Waals surface area contributed by atoms with Crippen LogP contribution in [-0.2, 0) is 0 Å².